The van der Waals surface area contributed by atoms with Crippen LogP contribution in [0.2, 0.25) is 5.15 Å². The molecule has 0 unspecified atom stereocenters. The minimum atomic E-state index is -2.74. The van der Waals surface area contributed by atoms with Gasteiger partial charge in [0.1, 0.15) is 0 Å². The minimum absolute atomic E-state index is 0.0821. The van der Waals surface area contributed by atoms with E-state index >= 15 is 0 Å². The number of benzene rings is 1. The summed E-state index contributed by atoms with van der Waals surface area (Å²) in [5.74, 6) is -0.468. The molecule has 3 rings (SSSR count). The number of thioether (sulfide) groups is 1. The van der Waals surface area contributed by atoms with E-state index in [0.29, 0.717) is 16.7 Å². The predicted octanol–water partition coefficient (Wildman–Crippen LogP) is 4.21. The van der Waals surface area contributed by atoms with Gasteiger partial charge in [-0.25, -0.2) is 9.97 Å². The number of hydrogen-bond donors (Lipinski definition) is 1. The molecule has 2 aromatic heterocycles. The first-order valence-corrected chi connectivity index (χ1v) is 8.21. The van der Waals surface area contributed by atoms with Crippen molar-refractivity contribution >= 4 is 46.0 Å². The fourth-order valence-electron chi connectivity index (χ4n) is 2.11. The molecule has 0 saturated carbocycles. The Labute approximate surface area is 145 Å². The van der Waals surface area contributed by atoms with Crippen LogP contribution in [0.25, 0.3) is 11.0 Å². The van der Waals surface area contributed by atoms with E-state index in [9.17, 15) is 13.6 Å². The van der Waals surface area contributed by atoms with Gasteiger partial charge in [0, 0.05) is 6.20 Å². The van der Waals surface area contributed by atoms with Crippen LogP contribution in [0.3, 0.4) is 0 Å². The Morgan fingerprint density at radius 1 is 1.29 bits per heavy atom. The maximum absolute atomic E-state index is 13.3. The van der Waals surface area contributed by atoms with Gasteiger partial charge in [-0.1, -0.05) is 35.5 Å². The van der Waals surface area contributed by atoms with Crippen molar-refractivity contribution in [1.29, 1.82) is 0 Å². The van der Waals surface area contributed by atoms with Gasteiger partial charge < -0.3 is 5.32 Å². The number of para-hydroxylation sites is 2. The molecule has 0 aliphatic rings. The van der Waals surface area contributed by atoms with Crippen molar-refractivity contribution in [3.05, 3.63) is 47.7 Å². The first-order chi connectivity index (χ1) is 11.6. The van der Waals surface area contributed by atoms with Crippen LogP contribution in [-0.2, 0) is 4.79 Å². The van der Waals surface area contributed by atoms with Gasteiger partial charge in [0.15, 0.2) is 10.3 Å². The van der Waals surface area contributed by atoms with Crippen molar-refractivity contribution in [3.63, 3.8) is 0 Å². The number of aromatic nitrogens is 3. The number of anilines is 1. The van der Waals surface area contributed by atoms with Crippen LogP contribution >= 0.6 is 23.4 Å². The van der Waals surface area contributed by atoms with Crippen LogP contribution in [-0.4, -0.2) is 26.2 Å². The highest BCUT2D eigenvalue weighted by atomic mass is 35.5. The number of nitrogens with one attached hydrogen (secondary N) is 1. The average molecular weight is 369 g/mol. The molecule has 3 aromatic rings. The van der Waals surface area contributed by atoms with Crippen molar-refractivity contribution in [1.82, 2.24) is 14.5 Å². The van der Waals surface area contributed by atoms with E-state index in [2.05, 4.69) is 15.3 Å². The topological polar surface area (TPSA) is 59.8 Å². The maximum Gasteiger partial charge on any atom is 0.321 e. The summed E-state index contributed by atoms with van der Waals surface area (Å²) < 4.78 is 27.4. The second kappa shape index (κ2) is 7.14. The molecule has 0 spiro atoms. The summed E-state index contributed by atoms with van der Waals surface area (Å²) in [6, 6.07) is 9.82. The standard InChI is InChI=1S/C15H11ClF2N4OS/c16-13-10(5-3-7-19-13)20-12(23)8-24-15-21-9-4-1-2-6-11(9)22(15)14(17)18/h1-7,14H,8H2,(H,20,23). The van der Waals surface area contributed by atoms with Gasteiger partial charge >= 0.3 is 6.55 Å². The summed E-state index contributed by atoms with van der Waals surface area (Å²) in [5.41, 5.74) is 1.15. The SMILES string of the molecule is O=C(CSc1nc2ccccc2n1C(F)F)Nc1cccnc1Cl. The number of alkyl halides is 2. The number of imidazole rings is 1. The number of carbonyl (C=O) groups is 1. The lowest BCUT2D eigenvalue weighted by Gasteiger charge is -2.08. The van der Waals surface area contributed by atoms with Gasteiger partial charge in [-0.2, -0.15) is 8.78 Å². The van der Waals surface area contributed by atoms with E-state index < -0.39 is 6.55 Å². The van der Waals surface area contributed by atoms with Gasteiger partial charge in [0.2, 0.25) is 5.91 Å². The highest BCUT2D eigenvalue weighted by Gasteiger charge is 2.19. The van der Waals surface area contributed by atoms with Crippen LogP contribution in [0.15, 0.2) is 47.8 Å². The molecule has 2 heterocycles. The van der Waals surface area contributed by atoms with E-state index in [-0.39, 0.29) is 22.0 Å². The van der Waals surface area contributed by atoms with Gasteiger partial charge in [0.25, 0.3) is 0 Å². The monoisotopic (exact) mass is 368 g/mol. The predicted molar refractivity (Wildman–Crippen MR) is 89.6 cm³/mol. The quantitative estimate of drug-likeness (QED) is 0.541. The number of carbonyl (C=O) groups excluding carboxylic acids is 1. The van der Waals surface area contributed by atoms with Crippen molar-refractivity contribution in [3.8, 4) is 0 Å². The van der Waals surface area contributed by atoms with E-state index in [4.69, 9.17) is 11.6 Å². The largest absolute Gasteiger partial charge is 0.323 e. The molecule has 1 aromatic carbocycles. The van der Waals surface area contributed by atoms with Crippen molar-refractivity contribution in [2.24, 2.45) is 0 Å². The van der Waals surface area contributed by atoms with Gasteiger partial charge in [-0.05, 0) is 24.3 Å². The van der Waals surface area contributed by atoms with Crippen molar-refractivity contribution in [2.45, 2.75) is 11.7 Å². The normalized spacial score (nSPS) is 11.2. The Kier molecular flexibility index (Phi) is 4.96. The Hall–Kier alpha value is -2.19. The first kappa shape index (κ1) is 16.7. The lowest BCUT2D eigenvalue weighted by atomic mass is 10.3. The van der Waals surface area contributed by atoms with E-state index in [1.54, 1.807) is 36.4 Å². The molecule has 1 N–H and O–H groups in total. The fraction of sp³-hybridized carbons (Fsp3) is 0.133. The molecule has 5 nitrogen and oxygen atoms in total. The van der Waals surface area contributed by atoms with Gasteiger partial charge in [0.05, 0.1) is 22.5 Å². The van der Waals surface area contributed by atoms with Crippen LogP contribution in [0.5, 0.6) is 0 Å². The molecule has 24 heavy (non-hydrogen) atoms. The van der Waals surface area contributed by atoms with Crippen molar-refractivity contribution < 1.29 is 13.6 Å². The van der Waals surface area contributed by atoms with Gasteiger partial charge in [-0.15, -0.1) is 0 Å². The Morgan fingerprint density at radius 2 is 2.08 bits per heavy atom. The molecule has 0 fully saturated rings. The number of rotatable bonds is 5. The summed E-state index contributed by atoms with van der Waals surface area (Å²) in [5, 5.41) is 2.83. The molecule has 124 valence electrons. The number of nitrogens with zero attached hydrogens (tertiary/aromatic N) is 3. The zero-order valence-corrected chi connectivity index (χ0v) is 13.7. The Balaban J connectivity index is 1.75. The van der Waals surface area contributed by atoms with E-state index in [1.807, 2.05) is 0 Å². The summed E-state index contributed by atoms with van der Waals surface area (Å²) in [4.78, 5) is 20.0. The molecule has 0 aliphatic heterocycles. The second-order valence-corrected chi connectivity index (χ2v) is 6.01. The molecule has 0 radical (unpaired) electrons. The third-order valence-electron chi connectivity index (χ3n) is 3.12. The maximum atomic E-state index is 13.3. The summed E-state index contributed by atoms with van der Waals surface area (Å²) in [7, 11) is 0. The molecule has 0 bridgehead atoms. The zero-order valence-electron chi connectivity index (χ0n) is 12.1. The minimum Gasteiger partial charge on any atom is -0.323 e. The highest BCUT2D eigenvalue weighted by molar-refractivity contribution is 7.99. The summed E-state index contributed by atoms with van der Waals surface area (Å²) in [6.07, 6.45) is 1.50. The smallest absolute Gasteiger partial charge is 0.321 e. The van der Waals surface area contributed by atoms with E-state index in [1.165, 1.54) is 6.20 Å². The molecular weight excluding hydrogens is 358 g/mol. The van der Waals surface area contributed by atoms with Crippen molar-refractivity contribution in [2.75, 3.05) is 11.1 Å². The number of amides is 1. The fourth-order valence-corrected chi connectivity index (χ4v) is 3.09. The Morgan fingerprint density at radius 3 is 2.83 bits per heavy atom. The van der Waals surface area contributed by atoms with E-state index in [0.717, 1.165) is 16.3 Å². The Bertz CT molecular complexity index is 887. The lowest BCUT2D eigenvalue weighted by molar-refractivity contribution is -0.113. The molecule has 0 saturated heterocycles. The molecular formula is C15H11ClF2N4OS. The summed E-state index contributed by atoms with van der Waals surface area (Å²) >= 11 is 6.79. The number of hydrogen-bond acceptors (Lipinski definition) is 4. The average Bonchev–Trinajstić information content (AvgIpc) is 2.93. The number of pyridine rings is 1. The highest BCUT2D eigenvalue weighted by Crippen LogP contribution is 2.29. The molecule has 1 amide bonds. The first-order valence-electron chi connectivity index (χ1n) is 6.84. The van der Waals surface area contributed by atoms with Crippen LogP contribution in [0, 0.1) is 0 Å². The number of fused-ring (bicyclic) bond motifs is 1. The molecule has 0 aliphatic carbocycles. The van der Waals surface area contributed by atoms with Crippen LogP contribution in [0.1, 0.15) is 6.55 Å². The second-order valence-electron chi connectivity index (χ2n) is 4.71. The lowest BCUT2D eigenvalue weighted by Crippen LogP contribution is -2.15. The van der Waals surface area contributed by atoms with Crippen LogP contribution in [0.4, 0.5) is 14.5 Å². The zero-order chi connectivity index (χ0) is 17.1. The third-order valence-corrected chi connectivity index (χ3v) is 4.38. The third kappa shape index (κ3) is 3.49. The van der Waals surface area contributed by atoms with Gasteiger partial charge in [-0.3, -0.25) is 9.36 Å². The molecule has 0 atom stereocenters. The van der Waals surface area contributed by atoms with Crippen LogP contribution < -0.4 is 5.32 Å². The molecule has 9 heteroatoms. The number of halogens is 3. The summed E-state index contributed by atoms with van der Waals surface area (Å²) in [6.45, 7) is -2.74.